The summed E-state index contributed by atoms with van der Waals surface area (Å²) in [6.07, 6.45) is 1.31. The lowest BCUT2D eigenvalue weighted by molar-refractivity contribution is 0.0938. The zero-order valence-electron chi connectivity index (χ0n) is 11.5. The molecule has 0 aliphatic heterocycles. The summed E-state index contributed by atoms with van der Waals surface area (Å²) in [5.41, 5.74) is 0.805. The van der Waals surface area contributed by atoms with Crippen LogP contribution in [-0.4, -0.2) is 21.9 Å². The quantitative estimate of drug-likeness (QED) is 0.900. The smallest absolute Gasteiger partial charge is 0.270 e. The second kappa shape index (κ2) is 6.74. The molecular weight excluding hydrogens is 311 g/mol. The summed E-state index contributed by atoms with van der Waals surface area (Å²) in [6.45, 7) is 3.75. The van der Waals surface area contributed by atoms with Crippen molar-refractivity contribution in [2.45, 2.75) is 19.9 Å². The number of aromatic nitrogens is 2. The van der Waals surface area contributed by atoms with E-state index in [1.54, 1.807) is 18.2 Å². The molecule has 0 aliphatic rings. The highest BCUT2D eigenvalue weighted by Gasteiger charge is 2.11. The van der Waals surface area contributed by atoms with Gasteiger partial charge in [0.15, 0.2) is 0 Å². The predicted molar refractivity (Wildman–Crippen MR) is 84.4 cm³/mol. The van der Waals surface area contributed by atoms with E-state index >= 15 is 0 Å². The molecule has 0 saturated heterocycles. The molecule has 110 valence electrons. The highest BCUT2D eigenvalue weighted by atomic mass is 35.5. The van der Waals surface area contributed by atoms with Gasteiger partial charge in [0.1, 0.15) is 17.8 Å². The van der Waals surface area contributed by atoms with Crippen molar-refractivity contribution < 1.29 is 4.79 Å². The minimum Gasteiger partial charge on any atom is -0.349 e. The molecule has 1 heterocycles. The third-order valence-corrected chi connectivity index (χ3v) is 3.17. The number of hydrogen-bond donors (Lipinski definition) is 2. The number of halogens is 2. The predicted octanol–water partition coefficient (Wildman–Crippen LogP) is 3.67. The van der Waals surface area contributed by atoms with E-state index in [0.717, 1.165) is 0 Å². The Morgan fingerprint density at radius 3 is 2.48 bits per heavy atom. The Hall–Kier alpha value is -1.85. The maximum Gasteiger partial charge on any atom is 0.270 e. The molecule has 0 radical (unpaired) electrons. The van der Waals surface area contributed by atoms with Crippen LogP contribution in [0.1, 0.15) is 24.3 Å². The molecule has 5 nitrogen and oxygen atoms in total. The first-order valence-corrected chi connectivity index (χ1v) is 7.07. The first-order valence-electron chi connectivity index (χ1n) is 6.31. The molecule has 0 spiro atoms. The Morgan fingerprint density at radius 2 is 1.86 bits per heavy atom. The fourth-order valence-corrected chi connectivity index (χ4v) is 2.12. The van der Waals surface area contributed by atoms with E-state index < -0.39 is 0 Å². The van der Waals surface area contributed by atoms with Crippen LogP contribution in [-0.2, 0) is 0 Å². The standard InChI is InChI=1S/C14H14Cl2N4O/c1-8(2)19-14(21)11-6-12(18-7-17-11)20-13-9(15)4-3-5-10(13)16/h3-8H,1-2H3,(H,19,21)(H,17,18,20). The van der Waals surface area contributed by atoms with Crippen LogP contribution in [0.3, 0.4) is 0 Å². The van der Waals surface area contributed by atoms with Crippen molar-refractivity contribution in [3.8, 4) is 0 Å². The van der Waals surface area contributed by atoms with Crippen LogP contribution >= 0.6 is 23.2 Å². The van der Waals surface area contributed by atoms with Crippen LogP contribution in [0.15, 0.2) is 30.6 Å². The Bertz CT molecular complexity index is 641. The van der Waals surface area contributed by atoms with Gasteiger partial charge in [0, 0.05) is 12.1 Å². The molecule has 0 fully saturated rings. The van der Waals surface area contributed by atoms with Gasteiger partial charge in [-0.15, -0.1) is 0 Å². The Morgan fingerprint density at radius 1 is 1.19 bits per heavy atom. The molecule has 1 amide bonds. The lowest BCUT2D eigenvalue weighted by atomic mass is 10.3. The number of carbonyl (C=O) groups excluding carboxylic acids is 1. The molecule has 21 heavy (non-hydrogen) atoms. The number of benzene rings is 1. The van der Waals surface area contributed by atoms with Gasteiger partial charge in [0.25, 0.3) is 5.91 Å². The van der Waals surface area contributed by atoms with Crippen molar-refractivity contribution in [2.24, 2.45) is 0 Å². The van der Waals surface area contributed by atoms with Gasteiger partial charge >= 0.3 is 0 Å². The summed E-state index contributed by atoms with van der Waals surface area (Å²) in [7, 11) is 0. The van der Waals surface area contributed by atoms with E-state index in [1.165, 1.54) is 12.4 Å². The van der Waals surface area contributed by atoms with Crippen LogP contribution in [0.25, 0.3) is 0 Å². The Labute approximate surface area is 132 Å². The summed E-state index contributed by atoms with van der Waals surface area (Å²) in [4.78, 5) is 19.9. The maximum absolute atomic E-state index is 11.9. The molecule has 0 atom stereocenters. The summed E-state index contributed by atoms with van der Waals surface area (Å²) < 4.78 is 0. The van der Waals surface area contributed by atoms with Crippen LogP contribution in [0.2, 0.25) is 10.0 Å². The molecule has 1 aromatic heterocycles. The van der Waals surface area contributed by atoms with Crippen molar-refractivity contribution in [2.75, 3.05) is 5.32 Å². The van der Waals surface area contributed by atoms with Gasteiger partial charge in [-0.2, -0.15) is 0 Å². The number of amides is 1. The minimum atomic E-state index is -0.263. The number of carbonyl (C=O) groups is 1. The van der Waals surface area contributed by atoms with Gasteiger partial charge < -0.3 is 10.6 Å². The molecule has 0 aliphatic carbocycles. The third-order valence-electron chi connectivity index (χ3n) is 2.54. The average molecular weight is 325 g/mol. The van der Waals surface area contributed by atoms with E-state index in [2.05, 4.69) is 20.6 Å². The highest BCUT2D eigenvalue weighted by molar-refractivity contribution is 6.39. The minimum absolute atomic E-state index is 0.0295. The Balaban J connectivity index is 2.24. The first kappa shape index (κ1) is 15.5. The van der Waals surface area contributed by atoms with Crippen molar-refractivity contribution in [3.05, 3.63) is 46.3 Å². The molecule has 0 bridgehead atoms. The van der Waals surface area contributed by atoms with E-state index in [1.807, 2.05) is 13.8 Å². The number of anilines is 2. The van der Waals surface area contributed by atoms with E-state index in [-0.39, 0.29) is 17.6 Å². The molecule has 7 heteroatoms. The molecular formula is C14H14Cl2N4O. The first-order chi connectivity index (χ1) is 9.97. The van der Waals surface area contributed by atoms with Crippen LogP contribution in [0, 0.1) is 0 Å². The van der Waals surface area contributed by atoms with Crippen molar-refractivity contribution in [1.29, 1.82) is 0 Å². The average Bonchev–Trinajstić information content (AvgIpc) is 2.43. The number of hydrogen-bond acceptors (Lipinski definition) is 4. The maximum atomic E-state index is 11.9. The SMILES string of the molecule is CC(C)NC(=O)c1cc(Nc2c(Cl)cccc2Cl)ncn1. The summed E-state index contributed by atoms with van der Waals surface area (Å²) in [5.74, 6) is 0.176. The second-order valence-corrected chi connectivity index (χ2v) is 5.45. The van der Waals surface area contributed by atoms with E-state index in [9.17, 15) is 4.79 Å². The van der Waals surface area contributed by atoms with Gasteiger partial charge in [-0.25, -0.2) is 9.97 Å². The molecule has 0 unspecified atom stereocenters. The van der Waals surface area contributed by atoms with Gasteiger partial charge in [-0.05, 0) is 26.0 Å². The lowest BCUT2D eigenvalue weighted by Gasteiger charge is -2.11. The summed E-state index contributed by atoms with van der Waals surface area (Å²) >= 11 is 12.2. The number of rotatable bonds is 4. The molecule has 2 N–H and O–H groups in total. The topological polar surface area (TPSA) is 66.9 Å². The van der Waals surface area contributed by atoms with Crippen LogP contribution < -0.4 is 10.6 Å². The second-order valence-electron chi connectivity index (χ2n) is 4.64. The fraction of sp³-hybridized carbons (Fsp3) is 0.214. The zero-order valence-corrected chi connectivity index (χ0v) is 13.0. The summed E-state index contributed by atoms with van der Waals surface area (Å²) in [6, 6.07) is 6.74. The third kappa shape index (κ3) is 4.06. The van der Waals surface area contributed by atoms with Gasteiger partial charge in [0.05, 0.1) is 15.7 Å². The normalized spacial score (nSPS) is 10.5. The molecule has 2 rings (SSSR count). The van der Waals surface area contributed by atoms with Crippen molar-refractivity contribution >= 4 is 40.6 Å². The largest absolute Gasteiger partial charge is 0.349 e. The van der Waals surface area contributed by atoms with Gasteiger partial charge in [-0.1, -0.05) is 29.3 Å². The van der Waals surface area contributed by atoms with Gasteiger partial charge in [-0.3, -0.25) is 4.79 Å². The Kier molecular flexibility index (Phi) is 4.98. The zero-order chi connectivity index (χ0) is 15.4. The molecule has 0 saturated carbocycles. The van der Waals surface area contributed by atoms with E-state index in [4.69, 9.17) is 23.2 Å². The van der Waals surface area contributed by atoms with E-state index in [0.29, 0.717) is 21.6 Å². The fourth-order valence-electron chi connectivity index (χ4n) is 1.63. The van der Waals surface area contributed by atoms with Crippen molar-refractivity contribution in [1.82, 2.24) is 15.3 Å². The number of para-hydroxylation sites is 1. The monoisotopic (exact) mass is 324 g/mol. The van der Waals surface area contributed by atoms with Crippen LogP contribution in [0.4, 0.5) is 11.5 Å². The molecule has 1 aromatic carbocycles. The van der Waals surface area contributed by atoms with Crippen LogP contribution in [0.5, 0.6) is 0 Å². The highest BCUT2D eigenvalue weighted by Crippen LogP contribution is 2.31. The molecule has 2 aromatic rings. The van der Waals surface area contributed by atoms with Crippen molar-refractivity contribution in [3.63, 3.8) is 0 Å². The lowest BCUT2D eigenvalue weighted by Crippen LogP contribution is -2.30. The number of nitrogens with one attached hydrogen (secondary N) is 2. The summed E-state index contributed by atoms with van der Waals surface area (Å²) in [5, 5.41) is 6.69. The number of nitrogens with zero attached hydrogens (tertiary/aromatic N) is 2. The van der Waals surface area contributed by atoms with Gasteiger partial charge in [0.2, 0.25) is 0 Å².